The Bertz CT molecular complexity index is 99.2. The predicted octanol–water partition coefficient (Wildman–Crippen LogP) is -3.28. The third-order valence-corrected chi connectivity index (χ3v) is 0. The van der Waals surface area contributed by atoms with Crippen LogP contribution >= 0.6 is 0 Å². The van der Waals surface area contributed by atoms with Gasteiger partial charge >= 0.3 is 10.4 Å². The van der Waals surface area contributed by atoms with Gasteiger partial charge in [0.25, 0.3) is 0 Å². The van der Waals surface area contributed by atoms with Gasteiger partial charge in [-0.15, -0.1) is 0 Å². The molecule has 0 rings (SSSR count). The van der Waals surface area contributed by atoms with Gasteiger partial charge in [-0.3, -0.25) is 9.11 Å². The quantitative estimate of drug-likeness (QED) is 0.270. The summed E-state index contributed by atoms with van der Waals surface area (Å²) in [5.41, 5.74) is 0. The average Bonchev–Trinajstić information content (AvgIpc) is 0.722. The molecule has 8 heavy (non-hydrogen) atoms. The van der Waals surface area contributed by atoms with Crippen LogP contribution in [0.2, 0.25) is 0 Å². The van der Waals surface area contributed by atoms with Crippen LogP contribution in [0.3, 0.4) is 0 Å². The molecule has 0 saturated heterocycles. The van der Waals surface area contributed by atoms with Crippen molar-refractivity contribution in [1.82, 2.24) is 6.15 Å². The third kappa shape index (κ3) is 863. The van der Waals surface area contributed by atoms with E-state index in [0.717, 1.165) is 0 Å². The summed E-state index contributed by atoms with van der Waals surface area (Å²) in [7, 11) is -4.67. The van der Waals surface area contributed by atoms with Crippen molar-refractivity contribution in [3.8, 4) is 0 Å². The van der Waals surface area contributed by atoms with Crippen LogP contribution in [-0.4, -0.2) is 17.5 Å². The molecule has 6 N–H and O–H groups in total. The molecule has 0 unspecified atom stereocenters. The summed E-state index contributed by atoms with van der Waals surface area (Å²) in [5.74, 6) is 0. The Kier molecular flexibility index (Phi) is 22.1. The summed E-state index contributed by atoms with van der Waals surface area (Å²) in [5, 5.41) is 0. The summed E-state index contributed by atoms with van der Waals surface area (Å²) in [4.78, 5) is 0. The summed E-state index contributed by atoms with van der Waals surface area (Å²) >= 11 is 0. The van der Waals surface area contributed by atoms with Gasteiger partial charge in [-0.1, -0.05) is 0 Å². The molecule has 8 heteroatoms. The standard InChI is InChI=1S/FH.H3N.H2O4S.Ti/c;;1-5(2,3)4;/h1H;1H3;(H2,1,2,3,4);. The Morgan fingerprint density at radius 1 is 1.12 bits per heavy atom. The Morgan fingerprint density at radius 2 is 1.12 bits per heavy atom. The van der Waals surface area contributed by atoms with Gasteiger partial charge in [-0.2, -0.15) is 8.42 Å². The number of rotatable bonds is 0. The van der Waals surface area contributed by atoms with E-state index >= 15 is 0 Å². The number of hydrogen-bond donors (Lipinski definition) is 3. The van der Waals surface area contributed by atoms with Crippen molar-refractivity contribution >= 4 is 10.4 Å². The van der Waals surface area contributed by atoms with Crippen LogP contribution in [0.15, 0.2) is 0 Å². The number of hydrogen-bond acceptors (Lipinski definition) is 2. The summed E-state index contributed by atoms with van der Waals surface area (Å²) in [6.07, 6.45) is 0. The molecule has 0 amide bonds. The normalized spacial score (nSPS) is 7.25. The van der Waals surface area contributed by atoms with Gasteiger partial charge in [0.15, 0.2) is 0 Å². The van der Waals surface area contributed by atoms with Crippen LogP contribution in [-0.2, 0) is 32.1 Å². The van der Waals surface area contributed by atoms with Gasteiger partial charge < -0.3 is 10.9 Å². The zero-order valence-corrected chi connectivity index (χ0v) is 6.38. The van der Waals surface area contributed by atoms with E-state index in [2.05, 4.69) is 0 Å². The molecule has 0 atom stereocenters. The van der Waals surface area contributed by atoms with Crippen molar-refractivity contribution in [3.05, 3.63) is 0 Å². The van der Waals surface area contributed by atoms with E-state index < -0.39 is 10.4 Å². The third-order valence-electron chi connectivity index (χ3n) is 0. The van der Waals surface area contributed by atoms with E-state index in [9.17, 15) is 0 Å². The van der Waals surface area contributed by atoms with Crippen LogP contribution in [0.1, 0.15) is 0 Å². The molecular weight excluding hydrogens is 177 g/mol. The smallest absolute Gasteiger partial charge is 0.394 e. The summed E-state index contributed by atoms with van der Waals surface area (Å²) < 4.78 is 31.6. The average molecular weight is 183 g/mol. The molecular formula is H6FNO4STi. The van der Waals surface area contributed by atoms with Gasteiger partial charge in [-0.05, 0) is 0 Å². The van der Waals surface area contributed by atoms with E-state index in [4.69, 9.17) is 17.5 Å². The minimum absolute atomic E-state index is 0. The molecule has 0 aliphatic rings. The molecule has 0 aliphatic carbocycles. The Balaban J connectivity index is -0.0000000267. The topological polar surface area (TPSA) is 111 Å². The van der Waals surface area contributed by atoms with E-state index in [0.29, 0.717) is 0 Å². The van der Waals surface area contributed by atoms with E-state index in [1.165, 1.54) is 0 Å². The van der Waals surface area contributed by atoms with Gasteiger partial charge in [0.2, 0.25) is 0 Å². The van der Waals surface area contributed by atoms with Crippen LogP contribution in [0, 0.1) is 0 Å². The maximum Gasteiger partial charge on any atom is 0.394 e. The first-order valence-corrected chi connectivity index (χ1v) is 2.10. The molecule has 0 aliphatic heterocycles. The molecule has 0 aromatic heterocycles. The van der Waals surface area contributed by atoms with Crippen LogP contribution in [0.25, 0.3) is 0 Å². The number of halogens is 1. The molecule has 0 saturated carbocycles. The molecule has 0 aromatic carbocycles. The summed E-state index contributed by atoms with van der Waals surface area (Å²) in [6.45, 7) is 0. The molecule has 0 radical (unpaired) electrons. The first-order chi connectivity index (χ1) is 2.00. The molecule has 0 bridgehead atoms. The molecule has 0 spiro atoms. The second-order valence-corrected chi connectivity index (χ2v) is 1.34. The Hall–Kier alpha value is 0.474. The fourth-order valence-electron chi connectivity index (χ4n) is 0. The van der Waals surface area contributed by atoms with Crippen LogP contribution in [0.5, 0.6) is 0 Å². The van der Waals surface area contributed by atoms with Crippen molar-refractivity contribution in [2.75, 3.05) is 0 Å². The van der Waals surface area contributed by atoms with E-state index in [1.807, 2.05) is 0 Å². The van der Waals surface area contributed by atoms with E-state index in [1.54, 1.807) is 0 Å². The Labute approximate surface area is 60.9 Å². The van der Waals surface area contributed by atoms with E-state index in [-0.39, 0.29) is 32.6 Å². The molecule has 5 nitrogen and oxygen atoms in total. The maximum atomic E-state index is 8.74. The second-order valence-electron chi connectivity index (χ2n) is 0.448. The van der Waals surface area contributed by atoms with Crippen molar-refractivity contribution in [2.45, 2.75) is 0 Å². The largest absolute Gasteiger partial charge is 1.00 e. The molecule has 0 heterocycles. The molecule has 52 valence electrons. The van der Waals surface area contributed by atoms with Crippen LogP contribution < -0.4 is 10.9 Å². The Morgan fingerprint density at radius 3 is 1.12 bits per heavy atom. The van der Waals surface area contributed by atoms with Gasteiger partial charge in [-0.25, -0.2) is 0 Å². The molecule has 0 fully saturated rings. The van der Waals surface area contributed by atoms with Crippen molar-refractivity contribution in [1.29, 1.82) is 0 Å². The van der Waals surface area contributed by atoms with Gasteiger partial charge in [0.1, 0.15) is 0 Å². The first-order valence-electron chi connectivity index (χ1n) is 0.698. The molecule has 0 aromatic rings. The monoisotopic (exact) mass is 183 g/mol. The van der Waals surface area contributed by atoms with Crippen LogP contribution in [0.4, 0.5) is 0 Å². The SMILES string of the molecule is O=S(=O)(O)O.[F-].[NH4+].[Ti]. The summed E-state index contributed by atoms with van der Waals surface area (Å²) in [6, 6.07) is 0. The van der Waals surface area contributed by atoms with Crippen molar-refractivity contribution < 1.29 is 43.9 Å². The minimum atomic E-state index is -4.67. The first kappa shape index (κ1) is 23.6. The van der Waals surface area contributed by atoms with Gasteiger partial charge in [0.05, 0.1) is 0 Å². The van der Waals surface area contributed by atoms with Gasteiger partial charge in [0, 0.05) is 21.7 Å². The minimum Gasteiger partial charge on any atom is -1.00 e. The van der Waals surface area contributed by atoms with Crippen molar-refractivity contribution in [3.63, 3.8) is 0 Å². The van der Waals surface area contributed by atoms with Crippen molar-refractivity contribution in [2.24, 2.45) is 0 Å². The number of quaternary nitrogens is 1. The maximum absolute atomic E-state index is 8.74. The zero-order chi connectivity index (χ0) is 4.50. The predicted molar refractivity (Wildman–Crippen MR) is 20.2 cm³/mol. The fourth-order valence-corrected chi connectivity index (χ4v) is 0. The zero-order valence-electron chi connectivity index (χ0n) is 4.00. The second kappa shape index (κ2) is 7.47. The fraction of sp³-hybridized carbons (Fsp3) is 0.